The fourth-order valence-electron chi connectivity index (χ4n) is 5.55. The molecule has 0 saturated carbocycles. The van der Waals surface area contributed by atoms with Gasteiger partial charge in [0, 0.05) is 34.9 Å². The minimum atomic E-state index is -0.889. The minimum absolute atomic E-state index is 0.0977. The van der Waals surface area contributed by atoms with Crippen LogP contribution in [-0.4, -0.2) is 21.4 Å². The summed E-state index contributed by atoms with van der Waals surface area (Å²) in [5, 5.41) is 10.1. The average Bonchev–Trinajstić information content (AvgIpc) is 3.09. The van der Waals surface area contributed by atoms with E-state index in [-0.39, 0.29) is 12.2 Å². The number of hydrogen-bond donors (Lipinski definition) is 1. The lowest BCUT2D eigenvalue weighted by atomic mass is 9.99. The van der Waals surface area contributed by atoms with Gasteiger partial charge in [0.15, 0.2) is 5.78 Å². The fraction of sp³-hybridized carbons (Fsp3) is 0.636. The molecule has 38 heavy (non-hydrogen) atoms. The predicted octanol–water partition coefficient (Wildman–Crippen LogP) is 9.88. The van der Waals surface area contributed by atoms with E-state index in [1.165, 1.54) is 83.5 Å². The van der Waals surface area contributed by atoms with Crippen molar-refractivity contribution >= 4 is 23.4 Å². The van der Waals surface area contributed by atoms with Crippen LogP contribution in [0.4, 0.5) is 0 Å². The summed E-state index contributed by atoms with van der Waals surface area (Å²) in [5.41, 5.74) is 4.05. The summed E-state index contributed by atoms with van der Waals surface area (Å²) in [6.07, 6.45) is 19.9. The third-order valence-electron chi connectivity index (χ3n) is 7.73. The van der Waals surface area contributed by atoms with Crippen LogP contribution in [0.3, 0.4) is 0 Å². The summed E-state index contributed by atoms with van der Waals surface area (Å²) in [6.45, 7) is 6.59. The highest BCUT2D eigenvalue weighted by molar-refractivity contribution is 6.30. The van der Waals surface area contributed by atoms with Gasteiger partial charge in [-0.1, -0.05) is 121 Å². The lowest BCUT2D eigenvalue weighted by Gasteiger charge is -2.12. The SMILES string of the molecule is CCCCCCCCCCCCCCCCCC(=O)c1c(C)c(CC(=O)O)n(Cc2cccc(Cl)c2)c1C. The summed E-state index contributed by atoms with van der Waals surface area (Å²) in [4.78, 5) is 24.8. The number of Topliss-reactive ketones (excluding diaryl/α,β-unsaturated/α-hetero) is 1. The standard InChI is InChI=1S/C33H50ClNO3/c1-4-5-6-7-8-9-10-11-12-13-14-15-16-17-18-22-31(36)33-26(2)30(24-32(37)38)35(27(33)3)25-28-20-19-21-29(34)23-28/h19-21,23H,4-18,22,24-25H2,1-3H3,(H,37,38). The molecule has 1 aromatic heterocycles. The molecule has 0 unspecified atom stereocenters. The normalized spacial score (nSPS) is 11.3. The summed E-state index contributed by atoms with van der Waals surface area (Å²) in [6, 6.07) is 7.58. The number of ketones is 1. The highest BCUT2D eigenvalue weighted by Crippen LogP contribution is 2.27. The molecule has 1 N–H and O–H groups in total. The molecule has 1 heterocycles. The first-order valence-electron chi connectivity index (χ1n) is 15.0. The molecule has 0 aliphatic carbocycles. The zero-order valence-corrected chi connectivity index (χ0v) is 24.9. The maximum absolute atomic E-state index is 13.2. The molecule has 0 bridgehead atoms. The molecular weight excluding hydrogens is 494 g/mol. The van der Waals surface area contributed by atoms with Crippen LogP contribution >= 0.6 is 11.6 Å². The van der Waals surface area contributed by atoms with Gasteiger partial charge in [0.2, 0.25) is 0 Å². The molecule has 5 heteroatoms. The Balaban J connectivity index is 1.73. The quantitative estimate of drug-likeness (QED) is 0.126. The molecule has 0 atom stereocenters. The average molecular weight is 544 g/mol. The Kier molecular flexibility index (Phi) is 15.4. The second kappa shape index (κ2) is 18.3. The number of carboxylic acid groups (broad SMARTS) is 1. The number of aromatic nitrogens is 1. The molecule has 0 radical (unpaired) electrons. The van der Waals surface area contributed by atoms with Crippen molar-refractivity contribution in [3.8, 4) is 0 Å². The number of unbranched alkanes of at least 4 members (excludes halogenated alkanes) is 14. The molecule has 0 spiro atoms. The number of carboxylic acids is 1. The van der Waals surface area contributed by atoms with Crippen molar-refractivity contribution in [2.45, 2.75) is 136 Å². The summed E-state index contributed by atoms with van der Waals surface area (Å²) in [7, 11) is 0. The number of rotatable bonds is 21. The first kappa shape index (κ1) is 32.1. The summed E-state index contributed by atoms with van der Waals surface area (Å²) < 4.78 is 1.98. The number of carbonyl (C=O) groups excluding carboxylic acids is 1. The van der Waals surface area contributed by atoms with Crippen LogP contribution in [0.15, 0.2) is 24.3 Å². The van der Waals surface area contributed by atoms with Crippen LogP contribution < -0.4 is 0 Å². The molecule has 1 aromatic carbocycles. The summed E-state index contributed by atoms with van der Waals surface area (Å²) >= 11 is 6.16. The van der Waals surface area contributed by atoms with E-state index >= 15 is 0 Å². The minimum Gasteiger partial charge on any atom is -0.481 e. The van der Waals surface area contributed by atoms with Gasteiger partial charge in [-0.25, -0.2) is 0 Å². The Morgan fingerprint density at radius 1 is 0.816 bits per heavy atom. The van der Waals surface area contributed by atoms with Crippen LogP contribution in [0.2, 0.25) is 5.02 Å². The molecule has 212 valence electrons. The van der Waals surface area contributed by atoms with Crippen molar-refractivity contribution in [3.05, 3.63) is 57.4 Å². The van der Waals surface area contributed by atoms with Gasteiger partial charge in [-0.05, 0) is 43.5 Å². The number of carbonyl (C=O) groups is 2. The van der Waals surface area contributed by atoms with Gasteiger partial charge < -0.3 is 9.67 Å². The molecule has 2 aromatic rings. The van der Waals surface area contributed by atoms with E-state index in [4.69, 9.17) is 11.6 Å². The number of benzene rings is 1. The molecule has 0 saturated heterocycles. The van der Waals surface area contributed by atoms with Gasteiger partial charge in [-0.3, -0.25) is 9.59 Å². The smallest absolute Gasteiger partial charge is 0.309 e. The van der Waals surface area contributed by atoms with E-state index in [2.05, 4.69) is 6.92 Å². The van der Waals surface area contributed by atoms with Gasteiger partial charge in [0.1, 0.15) is 0 Å². The second-order valence-corrected chi connectivity index (χ2v) is 11.4. The van der Waals surface area contributed by atoms with E-state index in [1.54, 1.807) is 0 Å². The zero-order valence-electron chi connectivity index (χ0n) is 24.1. The van der Waals surface area contributed by atoms with Crippen LogP contribution in [-0.2, 0) is 17.8 Å². The first-order valence-corrected chi connectivity index (χ1v) is 15.4. The predicted molar refractivity (Wildman–Crippen MR) is 160 cm³/mol. The molecular formula is C33H50ClNO3. The van der Waals surface area contributed by atoms with Crippen molar-refractivity contribution in [2.75, 3.05) is 0 Å². The lowest BCUT2D eigenvalue weighted by molar-refractivity contribution is -0.136. The Morgan fingerprint density at radius 3 is 1.84 bits per heavy atom. The zero-order chi connectivity index (χ0) is 27.8. The van der Waals surface area contributed by atoms with Gasteiger partial charge in [0.25, 0.3) is 0 Å². The Labute approximate surface area is 236 Å². The summed E-state index contributed by atoms with van der Waals surface area (Å²) in [5.74, 6) is -0.759. The van der Waals surface area contributed by atoms with E-state index in [0.29, 0.717) is 29.2 Å². The Bertz CT molecular complexity index is 994. The highest BCUT2D eigenvalue weighted by atomic mass is 35.5. The third kappa shape index (κ3) is 11.4. The number of aliphatic carboxylic acids is 1. The van der Waals surface area contributed by atoms with Gasteiger partial charge in [0.05, 0.1) is 6.42 Å². The largest absolute Gasteiger partial charge is 0.481 e. The molecule has 4 nitrogen and oxygen atoms in total. The molecule has 2 rings (SSSR count). The van der Waals surface area contributed by atoms with Crippen LogP contribution in [0, 0.1) is 13.8 Å². The van der Waals surface area contributed by atoms with Crippen molar-refractivity contribution < 1.29 is 14.7 Å². The molecule has 0 amide bonds. The van der Waals surface area contributed by atoms with Crippen LogP contribution in [0.1, 0.15) is 143 Å². The van der Waals surface area contributed by atoms with Crippen molar-refractivity contribution in [2.24, 2.45) is 0 Å². The van der Waals surface area contributed by atoms with E-state index in [9.17, 15) is 14.7 Å². The number of nitrogens with zero attached hydrogens (tertiary/aromatic N) is 1. The number of halogens is 1. The maximum Gasteiger partial charge on any atom is 0.309 e. The monoisotopic (exact) mass is 543 g/mol. The van der Waals surface area contributed by atoms with E-state index in [0.717, 1.165) is 29.7 Å². The Morgan fingerprint density at radius 2 is 1.34 bits per heavy atom. The van der Waals surface area contributed by atoms with Crippen molar-refractivity contribution in [1.82, 2.24) is 4.57 Å². The topological polar surface area (TPSA) is 59.3 Å². The van der Waals surface area contributed by atoms with Crippen molar-refractivity contribution in [1.29, 1.82) is 0 Å². The van der Waals surface area contributed by atoms with E-state index < -0.39 is 5.97 Å². The Hall–Kier alpha value is -2.07. The second-order valence-electron chi connectivity index (χ2n) is 10.9. The number of hydrogen-bond acceptors (Lipinski definition) is 2. The fourth-order valence-corrected chi connectivity index (χ4v) is 5.76. The molecule has 0 aliphatic heterocycles. The van der Waals surface area contributed by atoms with Crippen LogP contribution in [0.25, 0.3) is 0 Å². The molecule has 0 aliphatic rings. The van der Waals surface area contributed by atoms with Gasteiger partial charge in [-0.2, -0.15) is 0 Å². The first-order chi connectivity index (χ1) is 18.3. The highest BCUT2D eigenvalue weighted by Gasteiger charge is 2.23. The van der Waals surface area contributed by atoms with Crippen LogP contribution in [0.5, 0.6) is 0 Å². The molecule has 0 fully saturated rings. The lowest BCUT2D eigenvalue weighted by Crippen LogP contribution is -2.11. The van der Waals surface area contributed by atoms with E-state index in [1.807, 2.05) is 42.7 Å². The van der Waals surface area contributed by atoms with Crippen molar-refractivity contribution in [3.63, 3.8) is 0 Å². The maximum atomic E-state index is 13.2. The third-order valence-corrected chi connectivity index (χ3v) is 7.97. The van der Waals surface area contributed by atoms with Gasteiger partial charge in [-0.15, -0.1) is 0 Å². The van der Waals surface area contributed by atoms with Gasteiger partial charge >= 0.3 is 5.97 Å².